The summed E-state index contributed by atoms with van der Waals surface area (Å²) in [6.07, 6.45) is -4.34. The zero-order valence-electron chi connectivity index (χ0n) is 16.9. The second-order valence-electron chi connectivity index (χ2n) is 7.30. The van der Waals surface area contributed by atoms with Gasteiger partial charge in [-0.2, -0.15) is 0 Å². The van der Waals surface area contributed by atoms with Crippen molar-refractivity contribution >= 4 is 0 Å². The van der Waals surface area contributed by atoms with Crippen molar-refractivity contribution in [3.63, 3.8) is 0 Å². The molecule has 0 radical (unpaired) electrons. The smallest absolute Gasteiger partial charge is 0.186 e. The fraction of sp³-hybridized carbons (Fsp3) is 0.455. The summed E-state index contributed by atoms with van der Waals surface area (Å²) < 4.78 is 29.7. The largest absolute Gasteiger partial charge is 0.385 e. The number of rotatable bonds is 8. The van der Waals surface area contributed by atoms with E-state index in [2.05, 4.69) is 10.0 Å². The van der Waals surface area contributed by atoms with Gasteiger partial charge >= 0.3 is 0 Å². The molecule has 0 spiro atoms. The summed E-state index contributed by atoms with van der Waals surface area (Å²) in [5.74, 6) is 0. The van der Waals surface area contributed by atoms with Crippen LogP contribution in [0.5, 0.6) is 0 Å². The maximum Gasteiger partial charge on any atom is 0.186 e. The molecule has 2 aliphatic rings. The van der Waals surface area contributed by atoms with Crippen LogP contribution in [0, 0.1) is 0 Å². The molecule has 0 aliphatic carbocycles. The van der Waals surface area contributed by atoms with Crippen LogP contribution >= 0.6 is 0 Å². The van der Waals surface area contributed by atoms with Crippen molar-refractivity contribution < 1.29 is 28.8 Å². The molecule has 2 heterocycles. The van der Waals surface area contributed by atoms with E-state index in [0.29, 0.717) is 6.61 Å². The molecule has 31 heavy (non-hydrogen) atoms. The molecule has 2 fully saturated rings. The fourth-order valence-electron chi connectivity index (χ4n) is 3.69. The predicted molar refractivity (Wildman–Crippen MR) is 110 cm³/mol. The van der Waals surface area contributed by atoms with E-state index in [-0.39, 0.29) is 19.8 Å². The number of benzene rings is 2. The van der Waals surface area contributed by atoms with E-state index in [0.717, 1.165) is 11.1 Å². The van der Waals surface area contributed by atoms with Crippen LogP contribution in [-0.2, 0) is 30.3 Å². The van der Waals surface area contributed by atoms with Gasteiger partial charge in [0, 0.05) is 17.0 Å². The minimum atomic E-state index is -1.09. The number of azide groups is 1. The van der Waals surface area contributed by atoms with Crippen molar-refractivity contribution in [3.8, 4) is 0 Å². The minimum absolute atomic E-state index is 0.114. The van der Waals surface area contributed by atoms with Crippen LogP contribution < -0.4 is 0 Å². The number of aliphatic hydroxyl groups is 1. The number of ether oxygens (including phenoxy) is 5. The summed E-state index contributed by atoms with van der Waals surface area (Å²) >= 11 is 0. The average molecular weight is 427 g/mol. The van der Waals surface area contributed by atoms with Crippen molar-refractivity contribution in [2.24, 2.45) is 5.11 Å². The van der Waals surface area contributed by atoms with Gasteiger partial charge in [0.05, 0.1) is 19.8 Å². The standard InChI is InChI=1S/C22H25N3O6/c23-25-24-11-12-27-22-18(26)20(28-13-15-7-3-1-4-8-15)19-17(30-22)14-29-21(31-19)16-9-5-2-6-10-16/h1-10,17-22,26H,11-14H2/t17-,18+,19-,20-,21-,22-/m1/s1. The van der Waals surface area contributed by atoms with Gasteiger partial charge in [-0.15, -0.1) is 0 Å². The first kappa shape index (κ1) is 21.7. The Morgan fingerprint density at radius 2 is 1.77 bits per heavy atom. The van der Waals surface area contributed by atoms with Gasteiger partial charge in [0.25, 0.3) is 0 Å². The molecule has 6 atom stereocenters. The molecule has 2 aromatic carbocycles. The summed E-state index contributed by atoms with van der Waals surface area (Å²) in [4.78, 5) is 2.70. The lowest BCUT2D eigenvalue weighted by Crippen LogP contribution is -2.63. The van der Waals surface area contributed by atoms with Crippen molar-refractivity contribution in [1.29, 1.82) is 0 Å². The number of aliphatic hydroxyl groups excluding tert-OH is 1. The molecule has 2 aromatic rings. The van der Waals surface area contributed by atoms with Crippen LogP contribution in [-0.4, -0.2) is 55.6 Å². The third-order valence-electron chi connectivity index (χ3n) is 5.20. The van der Waals surface area contributed by atoms with Gasteiger partial charge < -0.3 is 28.8 Å². The fourth-order valence-corrected chi connectivity index (χ4v) is 3.69. The molecule has 9 heteroatoms. The first-order valence-corrected chi connectivity index (χ1v) is 10.2. The Hall–Kier alpha value is -2.49. The highest BCUT2D eigenvalue weighted by atomic mass is 16.8. The molecular weight excluding hydrogens is 402 g/mol. The van der Waals surface area contributed by atoms with Crippen molar-refractivity contribution in [2.75, 3.05) is 19.8 Å². The molecule has 0 aromatic heterocycles. The molecule has 0 amide bonds. The van der Waals surface area contributed by atoms with Gasteiger partial charge in [-0.1, -0.05) is 65.8 Å². The molecule has 2 saturated heterocycles. The highest BCUT2D eigenvalue weighted by molar-refractivity contribution is 5.17. The Bertz CT molecular complexity index is 864. The number of hydrogen-bond acceptors (Lipinski definition) is 7. The minimum Gasteiger partial charge on any atom is -0.385 e. The Kier molecular flexibility index (Phi) is 7.50. The maximum absolute atomic E-state index is 11.0. The van der Waals surface area contributed by atoms with Crippen LogP contribution in [0.2, 0.25) is 0 Å². The summed E-state index contributed by atoms with van der Waals surface area (Å²) in [6, 6.07) is 19.3. The predicted octanol–water partition coefficient (Wildman–Crippen LogP) is 3.10. The Morgan fingerprint density at radius 1 is 1.03 bits per heavy atom. The number of fused-ring (bicyclic) bond motifs is 1. The third-order valence-corrected chi connectivity index (χ3v) is 5.20. The summed E-state index contributed by atoms with van der Waals surface area (Å²) in [6.45, 7) is 0.814. The molecule has 9 nitrogen and oxygen atoms in total. The monoisotopic (exact) mass is 427 g/mol. The molecule has 164 valence electrons. The van der Waals surface area contributed by atoms with Gasteiger partial charge in [0.15, 0.2) is 12.6 Å². The van der Waals surface area contributed by atoms with Crippen molar-refractivity contribution in [2.45, 2.75) is 43.6 Å². The van der Waals surface area contributed by atoms with Gasteiger partial charge in [-0.3, -0.25) is 0 Å². The summed E-state index contributed by atoms with van der Waals surface area (Å²) in [7, 11) is 0. The Balaban J connectivity index is 1.49. The van der Waals surface area contributed by atoms with Gasteiger partial charge in [-0.25, -0.2) is 0 Å². The molecular formula is C22H25N3O6. The van der Waals surface area contributed by atoms with Gasteiger partial charge in [-0.05, 0) is 11.1 Å². The van der Waals surface area contributed by atoms with E-state index in [9.17, 15) is 5.11 Å². The second-order valence-corrected chi connectivity index (χ2v) is 7.30. The topological polar surface area (TPSA) is 115 Å². The summed E-state index contributed by atoms with van der Waals surface area (Å²) in [5, 5.41) is 14.4. The normalized spacial score (nSPS) is 30.2. The van der Waals surface area contributed by atoms with Crippen LogP contribution in [0.3, 0.4) is 0 Å². The van der Waals surface area contributed by atoms with Crippen LogP contribution in [0.4, 0.5) is 0 Å². The van der Waals surface area contributed by atoms with E-state index in [4.69, 9.17) is 29.2 Å². The molecule has 0 bridgehead atoms. The number of hydrogen-bond donors (Lipinski definition) is 1. The molecule has 1 N–H and O–H groups in total. The highest BCUT2D eigenvalue weighted by Crippen LogP contribution is 2.35. The lowest BCUT2D eigenvalue weighted by atomic mass is 9.97. The second kappa shape index (κ2) is 10.7. The van der Waals surface area contributed by atoms with E-state index in [1.165, 1.54) is 0 Å². The van der Waals surface area contributed by atoms with Gasteiger partial charge in [0.1, 0.15) is 24.4 Å². The van der Waals surface area contributed by atoms with E-state index >= 15 is 0 Å². The SMILES string of the molecule is [N-]=[N+]=NCCO[C@@H]1O[C@@H]2CO[C@@H](c3ccccc3)O[C@H]2[C@H](OCc2ccccc2)[C@@H]1O. The van der Waals surface area contributed by atoms with Crippen molar-refractivity contribution in [1.82, 2.24) is 0 Å². The zero-order chi connectivity index (χ0) is 21.5. The van der Waals surface area contributed by atoms with Crippen LogP contribution in [0.1, 0.15) is 17.4 Å². The molecule has 0 saturated carbocycles. The average Bonchev–Trinajstić information content (AvgIpc) is 2.82. The third kappa shape index (κ3) is 5.41. The van der Waals surface area contributed by atoms with Crippen LogP contribution in [0.15, 0.2) is 65.8 Å². The van der Waals surface area contributed by atoms with E-state index in [1.54, 1.807) is 0 Å². The Labute approximate surface area is 180 Å². The first-order chi connectivity index (χ1) is 15.3. The van der Waals surface area contributed by atoms with E-state index in [1.807, 2.05) is 60.7 Å². The summed E-state index contributed by atoms with van der Waals surface area (Å²) in [5.41, 5.74) is 10.3. The Morgan fingerprint density at radius 3 is 2.52 bits per heavy atom. The lowest BCUT2D eigenvalue weighted by molar-refractivity contribution is -0.366. The molecule has 0 unspecified atom stereocenters. The highest BCUT2D eigenvalue weighted by Gasteiger charge is 2.50. The maximum atomic E-state index is 11.0. The molecule has 2 aliphatic heterocycles. The molecule has 4 rings (SSSR count). The van der Waals surface area contributed by atoms with E-state index < -0.39 is 37.0 Å². The quantitative estimate of drug-likeness (QED) is 0.300. The van der Waals surface area contributed by atoms with Gasteiger partial charge in [0.2, 0.25) is 0 Å². The number of nitrogens with zero attached hydrogens (tertiary/aromatic N) is 3. The first-order valence-electron chi connectivity index (χ1n) is 10.2. The van der Waals surface area contributed by atoms with Crippen LogP contribution in [0.25, 0.3) is 10.4 Å². The lowest BCUT2D eigenvalue weighted by Gasteiger charge is -2.47. The zero-order valence-corrected chi connectivity index (χ0v) is 16.9. The van der Waals surface area contributed by atoms with Crippen molar-refractivity contribution in [3.05, 3.63) is 82.2 Å².